The molecule has 1 N–H and O–H groups in total. The second kappa shape index (κ2) is 13.2. The Kier molecular flexibility index (Phi) is 9.36. The van der Waals surface area contributed by atoms with Crippen molar-refractivity contribution in [2.24, 2.45) is 0 Å². The van der Waals surface area contributed by atoms with Crippen molar-refractivity contribution >= 4 is 21.9 Å². The van der Waals surface area contributed by atoms with Crippen molar-refractivity contribution in [1.82, 2.24) is 19.5 Å². The number of phenols is 1. The summed E-state index contributed by atoms with van der Waals surface area (Å²) in [7, 11) is 0. The molecule has 0 amide bonds. The Bertz CT molecular complexity index is 2390. The van der Waals surface area contributed by atoms with E-state index in [-0.39, 0.29) is 43.1 Å². The fourth-order valence-corrected chi connectivity index (χ4v) is 6.75. The normalized spacial score (nSPS) is 12.3. The Balaban J connectivity index is 0.00000448. The van der Waals surface area contributed by atoms with Gasteiger partial charge in [-0.2, -0.15) is 0 Å². The van der Waals surface area contributed by atoms with Crippen LogP contribution in [0.4, 0.5) is 0 Å². The minimum absolute atomic E-state index is 0. The third-order valence-electron chi connectivity index (χ3n) is 9.59. The molecule has 7 rings (SSSR count). The number of benzene rings is 4. The summed E-state index contributed by atoms with van der Waals surface area (Å²) in [5, 5.41) is 12.0. The SMILES string of the molecule is CC(C)(C)c1ccc(-n2c(-c3[c-]c(-c4cc(C(C)(C)C)cc5c(C(C)(C)C)ccnc45)ccn3)nc3c(-c4ccccc4O)cccc32)cc1.[Pt]. The third-order valence-corrected chi connectivity index (χ3v) is 9.59. The molecule has 0 saturated carbocycles. The minimum atomic E-state index is -0.0730. The van der Waals surface area contributed by atoms with Crippen LogP contribution in [0.25, 0.3) is 61.4 Å². The molecule has 0 aliphatic rings. The van der Waals surface area contributed by atoms with Crippen molar-refractivity contribution in [3.8, 4) is 45.2 Å². The van der Waals surface area contributed by atoms with Crippen LogP contribution in [0.5, 0.6) is 5.75 Å². The molecule has 0 aliphatic heterocycles. The van der Waals surface area contributed by atoms with E-state index >= 15 is 0 Å². The maximum absolute atomic E-state index is 10.9. The first kappa shape index (κ1) is 36.2. The molecule has 0 fully saturated rings. The first-order valence-corrected chi connectivity index (χ1v) is 17.3. The van der Waals surface area contributed by atoms with Gasteiger partial charge in [-0.15, -0.1) is 17.7 Å². The molecule has 0 unspecified atom stereocenters. The predicted octanol–water partition coefficient (Wildman–Crippen LogP) is 11.4. The van der Waals surface area contributed by atoms with Gasteiger partial charge in [0, 0.05) is 55.3 Å². The van der Waals surface area contributed by atoms with E-state index < -0.39 is 0 Å². The number of hydrogen-bond acceptors (Lipinski definition) is 4. The van der Waals surface area contributed by atoms with Crippen molar-refractivity contribution in [2.45, 2.75) is 78.6 Å². The predicted molar refractivity (Wildman–Crippen MR) is 207 cm³/mol. The minimum Gasteiger partial charge on any atom is -0.507 e. The van der Waals surface area contributed by atoms with Gasteiger partial charge in [0.25, 0.3) is 0 Å². The zero-order chi connectivity index (χ0) is 35.6. The van der Waals surface area contributed by atoms with Crippen LogP contribution in [0.3, 0.4) is 0 Å². The topological polar surface area (TPSA) is 63.8 Å². The monoisotopic (exact) mass is 852 g/mol. The van der Waals surface area contributed by atoms with E-state index in [4.69, 9.17) is 15.0 Å². The number of para-hydroxylation sites is 2. The van der Waals surface area contributed by atoms with Crippen LogP contribution >= 0.6 is 0 Å². The molecule has 0 saturated heterocycles. The summed E-state index contributed by atoms with van der Waals surface area (Å²) in [4.78, 5) is 15.1. The molecule has 3 heterocycles. The first-order valence-electron chi connectivity index (χ1n) is 17.3. The van der Waals surface area contributed by atoms with Crippen LogP contribution in [0.15, 0.2) is 103 Å². The van der Waals surface area contributed by atoms with Crippen molar-refractivity contribution in [3.63, 3.8) is 0 Å². The largest absolute Gasteiger partial charge is 0.507 e. The molecule has 5 nitrogen and oxygen atoms in total. The summed E-state index contributed by atoms with van der Waals surface area (Å²) in [6.45, 7) is 20.2. The number of nitrogens with zero attached hydrogens (tertiary/aromatic N) is 4. The van der Waals surface area contributed by atoms with Gasteiger partial charge in [-0.25, -0.2) is 0 Å². The van der Waals surface area contributed by atoms with Crippen LogP contribution in [-0.4, -0.2) is 24.6 Å². The van der Waals surface area contributed by atoms with E-state index in [1.54, 1.807) is 6.07 Å². The number of pyridine rings is 2. The maximum Gasteiger partial charge on any atom is 0.123 e. The Morgan fingerprint density at radius 1 is 0.608 bits per heavy atom. The van der Waals surface area contributed by atoms with Gasteiger partial charge in [-0.3, -0.25) is 15.0 Å². The van der Waals surface area contributed by atoms with Gasteiger partial charge in [0.2, 0.25) is 0 Å². The van der Waals surface area contributed by atoms with Crippen molar-refractivity contribution < 1.29 is 26.2 Å². The van der Waals surface area contributed by atoms with Crippen LogP contribution in [-0.2, 0) is 37.3 Å². The Labute approximate surface area is 316 Å². The van der Waals surface area contributed by atoms with Crippen LogP contribution in [0, 0.1) is 6.07 Å². The van der Waals surface area contributed by atoms with E-state index in [2.05, 4.69) is 121 Å². The molecule has 262 valence electrons. The third kappa shape index (κ3) is 6.77. The van der Waals surface area contributed by atoms with E-state index in [0.29, 0.717) is 11.5 Å². The number of phenolic OH excluding ortho intramolecular Hbond substituents is 1. The van der Waals surface area contributed by atoms with Crippen LogP contribution < -0.4 is 0 Å². The molecule has 0 radical (unpaired) electrons. The molecular weight excluding hydrogens is 808 g/mol. The number of hydrogen-bond donors (Lipinski definition) is 1. The molecule has 3 aromatic heterocycles. The van der Waals surface area contributed by atoms with Gasteiger partial charge in [-0.1, -0.05) is 128 Å². The number of aromatic hydroxyl groups is 1. The van der Waals surface area contributed by atoms with Crippen LogP contribution in [0.2, 0.25) is 0 Å². The summed E-state index contributed by atoms with van der Waals surface area (Å²) in [5.74, 6) is 0.887. The van der Waals surface area contributed by atoms with Gasteiger partial charge >= 0.3 is 0 Å². The fourth-order valence-electron chi connectivity index (χ4n) is 6.75. The molecule has 7 aromatic rings. The fraction of sp³-hybridized carbons (Fsp3) is 0.267. The Hall–Kier alpha value is -4.60. The quantitative estimate of drug-likeness (QED) is 0.179. The van der Waals surface area contributed by atoms with Gasteiger partial charge in [0.15, 0.2) is 0 Å². The van der Waals surface area contributed by atoms with Crippen molar-refractivity contribution in [1.29, 1.82) is 0 Å². The average Bonchev–Trinajstić information content (AvgIpc) is 3.47. The molecular formula is C45H45N4OPt-. The molecule has 0 bridgehead atoms. The zero-order valence-corrected chi connectivity index (χ0v) is 33.1. The Morgan fingerprint density at radius 3 is 1.94 bits per heavy atom. The smallest absolute Gasteiger partial charge is 0.123 e. The number of imidazole rings is 1. The van der Waals surface area contributed by atoms with Crippen molar-refractivity contribution in [3.05, 3.63) is 126 Å². The summed E-state index contributed by atoms with van der Waals surface area (Å²) in [5.41, 5.74) is 11.4. The van der Waals surface area contributed by atoms with Gasteiger partial charge in [0.1, 0.15) is 5.75 Å². The molecule has 4 aromatic carbocycles. The van der Waals surface area contributed by atoms with Crippen molar-refractivity contribution in [2.75, 3.05) is 0 Å². The summed E-state index contributed by atoms with van der Waals surface area (Å²) in [6, 6.07) is 34.7. The van der Waals surface area contributed by atoms with Gasteiger partial charge < -0.3 is 9.67 Å². The van der Waals surface area contributed by atoms with E-state index in [0.717, 1.165) is 49.9 Å². The van der Waals surface area contributed by atoms with E-state index in [9.17, 15) is 5.11 Å². The summed E-state index contributed by atoms with van der Waals surface area (Å²) < 4.78 is 2.16. The molecule has 6 heteroatoms. The van der Waals surface area contributed by atoms with E-state index in [1.165, 1.54) is 16.7 Å². The average molecular weight is 853 g/mol. The van der Waals surface area contributed by atoms with Gasteiger partial charge in [0.05, 0.1) is 16.9 Å². The zero-order valence-electron chi connectivity index (χ0n) is 30.9. The molecule has 0 atom stereocenters. The van der Waals surface area contributed by atoms with Crippen LogP contribution in [0.1, 0.15) is 79.0 Å². The second-order valence-electron chi connectivity index (χ2n) is 16.4. The van der Waals surface area contributed by atoms with Gasteiger partial charge in [-0.05, 0) is 69.3 Å². The standard InChI is InChI=1S/C45H45N4O.Pt/c1-43(2,3)29-17-19-31(20-18-29)49-38-15-12-14-33(32-13-10-11-16-39(32)50)41(38)48-42(49)37-25-28(21-23-46-37)34-26-30(44(4,5)6)27-35-36(45(7,8)9)22-24-47-40(34)35;/h10-24,26-27,50H,1-9H3;/q-1;. The molecule has 51 heavy (non-hydrogen) atoms. The number of rotatable bonds is 4. The number of aromatic nitrogens is 4. The summed E-state index contributed by atoms with van der Waals surface area (Å²) in [6.07, 6.45) is 3.77. The number of fused-ring (bicyclic) bond motifs is 2. The maximum atomic E-state index is 10.9. The Morgan fingerprint density at radius 2 is 1.27 bits per heavy atom. The second-order valence-corrected chi connectivity index (χ2v) is 16.4. The summed E-state index contributed by atoms with van der Waals surface area (Å²) >= 11 is 0. The molecule has 0 aliphatic carbocycles. The van der Waals surface area contributed by atoms with E-state index in [1.807, 2.05) is 48.8 Å². The molecule has 0 spiro atoms. The first-order chi connectivity index (χ1) is 23.6.